The highest BCUT2D eigenvalue weighted by atomic mass is 35.5. The summed E-state index contributed by atoms with van der Waals surface area (Å²) in [7, 11) is 3.51. The van der Waals surface area contributed by atoms with E-state index in [9.17, 15) is 4.79 Å². The Labute approximate surface area is 119 Å². The molecule has 0 radical (unpaired) electrons. The summed E-state index contributed by atoms with van der Waals surface area (Å²) in [4.78, 5) is 13.5. The van der Waals surface area contributed by atoms with Gasteiger partial charge in [-0.15, -0.1) is 0 Å². The van der Waals surface area contributed by atoms with Crippen LogP contribution in [0.15, 0.2) is 24.3 Å². The first-order valence-electron chi connectivity index (χ1n) is 6.42. The molecular weight excluding hydrogens is 262 g/mol. The van der Waals surface area contributed by atoms with E-state index in [0.29, 0.717) is 11.6 Å². The number of halogens is 1. The van der Waals surface area contributed by atoms with Crippen LogP contribution in [0.2, 0.25) is 5.02 Å². The van der Waals surface area contributed by atoms with E-state index in [2.05, 4.69) is 5.32 Å². The lowest BCUT2D eigenvalue weighted by Crippen LogP contribution is -2.43. The van der Waals surface area contributed by atoms with Crippen LogP contribution in [0.3, 0.4) is 0 Å². The summed E-state index contributed by atoms with van der Waals surface area (Å²) in [5, 5.41) is 3.30. The molecule has 0 heterocycles. The van der Waals surface area contributed by atoms with Gasteiger partial charge in [-0.05, 0) is 25.1 Å². The van der Waals surface area contributed by atoms with E-state index < -0.39 is 0 Å². The van der Waals surface area contributed by atoms with Crippen molar-refractivity contribution in [2.75, 3.05) is 20.6 Å². The zero-order valence-corrected chi connectivity index (χ0v) is 12.4. The molecule has 1 aromatic carbocycles. The van der Waals surface area contributed by atoms with E-state index in [1.807, 2.05) is 43.1 Å². The van der Waals surface area contributed by atoms with Crippen molar-refractivity contribution in [1.82, 2.24) is 10.2 Å². The van der Waals surface area contributed by atoms with E-state index in [1.54, 1.807) is 7.05 Å². The molecule has 3 N–H and O–H groups in total. The summed E-state index contributed by atoms with van der Waals surface area (Å²) in [5.74, 6) is -0.0390. The summed E-state index contributed by atoms with van der Waals surface area (Å²) in [6.07, 6.45) is 0.813. The van der Waals surface area contributed by atoms with Gasteiger partial charge in [-0.2, -0.15) is 0 Å². The Morgan fingerprint density at radius 3 is 2.63 bits per heavy atom. The van der Waals surface area contributed by atoms with Gasteiger partial charge >= 0.3 is 0 Å². The molecular formula is C14H22ClN3O. The topological polar surface area (TPSA) is 58.4 Å². The number of amides is 1. The lowest BCUT2D eigenvalue weighted by molar-refractivity contribution is -0.122. The normalized spacial score (nSPS) is 14.2. The summed E-state index contributed by atoms with van der Waals surface area (Å²) >= 11 is 6.25. The molecule has 0 fully saturated rings. The molecule has 0 aliphatic heterocycles. The minimum atomic E-state index is -0.0745. The van der Waals surface area contributed by atoms with Gasteiger partial charge in [-0.3, -0.25) is 9.69 Å². The lowest BCUT2D eigenvalue weighted by atomic mass is 9.96. The van der Waals surface area contributed by atoms with Gasteiger partial charge in [-0.1, -0.05) is 36.7 Å². The van der Waals surface area contributed by atoms with Gasteiger partial charge in [0.15, 0.2) is 0 Å². The molecule has 2 unspecified atom stereocenters. The fraction of sp³-hybridized carbons (Fsp3) is 0.500. The van der Waals surface area contributed by atoms with Crippen molar-refractivity contribution in [2.45, 2.75) is 25.4 Å². The second-order valence-electron chi connectivity index (χ2n) is 4.63. The van der Waals surface area contributed by atoms with Gasteiger partial charge in [-0.25, -0.2) is 0 Å². The van der Waals surface area contributed by atoms with Gasteiger partial charge in [0.1, 0.15) is 0 Å². The average molecular weight is 284 g/mol. The Bertz CT molecular complexity index is 425. The number of likely N-dealkylation sites (N-methyl/N-ethyl adjacent to an activating group) is 2. The number of carbonyl (C=O) groups excluding carboxylic acids is 1. The third kappa shape index (κ3) is 4.20. The second kappa shape index (κ2) is 7.48. The van der Waals surface area contributed by atoms with Crippen molar-refractivity contribution in [3.63, 3.8) is 0 Å². The van der Waals surface area contributed by atoms with Crippen LogP contribution >= 0.6 is 11.6 Å². The molecule has 0 aliphatic carbocycles. The van der Waals surface area contributed by atoms with Crippen molar-refractivity contribution in [3.05, 3.63) is 34.9 Å². The average Bonchev–Trinajstić information content (AvgIpc) is 2.40. The Morgan fingerprint density at radius 2 is 2.11 bits per heavy atom. The largest absolute Gasteiger partial charge is 0.358 e. The predicted molar refractivity (Wildman–Crippen MR) is 79.2 cm³/mol. The number of rotatable bonds is 6. The highest BCUT2D eigenvalue weighted by molar-refractivity contribution is 6.31. The van der Waals surface area contributed by atoms with E-state index in [1.165, 1.54) is 0 Å². The summed E-state index contributed by atoms with van der Waals surface area (Å²) in [6, 6.07) is 7.48. The molecule has 4 nitrogen and oxygen atoms in total. The first-order valence-corrected chi connectivity index (χ1v) is 6.79. The summed E-state index contributed by atoms with van der Waals surface area (Å²) in [5.41, 5.74) is 7.17. The zero-order chi connectivity index (χ0) is 14.4. The highest BCUT2D eigenvalue weighted by Crippen LogP contribution is 2.29. The van der Waals surface area contributed by atoms with Crippen molar-refractivity contribution in [3.8, 4) is 0 Å². The van der Waals surface area contributed by atoms with Gasteiger partial charge in [0, 0.05) is 18.1 Å². The van der Waals surface area contributed by atoms with Gasteiger partial charge in [0.05, 0.1) is 12.6 Å². The molecule has 2 atom stereocenters. The third-order valence-corrected chi connectivity index (χ3v) is 3.59. The first-order chi connectivity index (χ1) is 9.01. The maximum Gasteiger partial charge on any atom is 0.233 e. The number of nitrogens with one attached hydrogen (secondary N) is 1. The first kappa shape index (κ1) is 16.0. The Morgan fingerprint density at radius 1 is 1.47 bits per heavy atom. The molecule has 19 heavy (non-hydrogen) atoms. The smallest absolute Gasteiger partial charge is 0.233 e. The van der Waals surface area contributed by atoms with Crippen molar-refractivity contribution >= 4 is 17.5 Å². The van der Waals surface area contributed by atoms with Crippen LogP contribution < -0.4 is 11.1 Å². The Hall–Kier alpha value is -1.10. The van der Waals surface area contributed by atoms with Gasteiger partial charge < -0.3 is 11.1 Å². The molecule has 0 saturated heterocycles. The molecule has 1 amide bonds. The molecule has 0 spiro atoms. The zero-order valence-electron chi connectivity index (χ0n) is 11.7. The number of hydrogen-bond donors (Lipinski definition) is 2. The lowest BCUT2D eigenvalue weighted by Gasteiger charge is -2.32. The molecule has 1 rings (SSSR count). The molecule has 1 aromatic rings. The number of hydrogen-bond acceptors (Lipinski definition) is 3. The number of carbonyl (C=O) groups is 1. The molecule has 0 saturated carbocycles. The fourth-order valence-corrected chi connectivity index (χ4v) is 2.38. The number of benzene rings is 1. The molecule has 0 aromatic heterocycles. The summed E-state index contributed by atoms with van der Waals surface area (Å²) in [6.45, 7) is 2.32. The minimum absolute atomic E-state index is 0.0390. The van der Waals surface area contributed by atoms with Crippen molar-refractivity contribution < 1.29 is 4.79 Å². The molecule has 0 aliphatic rings. The quantitative estimate of drug-likeness (QED) is 0.837. The standard InChI is InChI=1S/C14H22ClN3O/c1-4-12(16)14(18(3)9-13(19)17-2)10-7-5-6-8-11(10)15/h5-8,12,14H,4,9,16H2,1-3H3,(H,17,19). The Kier molecular flexibility index (Phi) is 6.28. The number of nitrogens with two attached hydrogens (primary N) is 1. The minimum Gasteiger partial charge on any atom is -0.358 e. The van der Waals surface area contributed by atoms with Crippen molar-refractivity contribution in [2.24, 2.45) is 5.73 Å². The van der Waals surface area contributed by atoms with Gasteiger partial charge in [0.25, 0.3) is 0 Å². The van der Waals surface area contributed by atoms with Gasteiger partial charge in [0.2, 0.25) is 5.91 Å². The maximum absolute atomic E-state index is 11.5. The van der Waals surface area contributed by atoms with E-state index in [4.69, 9.17) is 17.3 Å². The maximum atomic E-state index is 11.5. The third-order valence-electron chi connectivity index (χ3n) is 3.25. The van der Waals surface area contributed by atoms with Crippen LogP contribution in [0.25, 0.3) is 0 Å². The second-order valence-corrected chi connectivity index (χ2v) is 5.03. The summed E-state index contributed by atoms with van der Waals surface area (Å²) < 4.78 is 0. The molecule has 0 bridgehead atoms. The molecule has 106 valence electrons. The van der Waals surface area contributed by atoms with Crippen LogP contribution in [-0.4, -0.2) is 37.5 Å². The van der Waals surface area contributed by atoms with Crippen LogP contribution in [0.4, 0.5) is 0 Å². The van der Waals surface area contributed by atoms with E-state index >= 15 is 0 Å². The highest BCUT2D eigenvalue weighted by Gasteiger charge is 2.25. The number of nitrogens with zero attached hydrogens (tertiary/aromatic N) is 1. The predicted octanol–water partition coefficient (Wildman–Crippen LogP) is 1.80. The van der Waals surface area contributed by atoms with Crippen LogP contribution in [0.5, 0.6) is 0 Å². The van der Waals surface area contributed by atoms with Crippen molar-refractivity contribution in [1.29, 1.82) is 0 Å². The van der Waals surface area contributed by atoms with Crippen LogP contribution in [0, 0.1) is 0 Å². The van der Waals surface area contributed by atoms with Crippen LogP contribution in [-0.2, 0) is 4.79 Å². The van der Waals surface area contributed by atoms with Crippen LogP contribution in [0.1, 0.15) is 24.9 Å². The van der Waals surface area contributed by atoms with E-state index in [-0.39, 0.29) is 18.0 Å². The Balaban J connectivity index is 3.02. The van der Waals surface area contributed by atoms with E-state index in [0.717, 1.165) is 12.0 Å². The fourth-order valence-electron chi connectivity index (χ4n) is 2.14. The molecule has 5 heteroatoms. The SMILES string of the molecule is CCC(N)C(c1ccccc1Cl)N(C)CC(=O)NC. The monoisotopic (exact) mass is 283 g/mol.